The molecule has 1 spiro atoms. The molecular formula is C32H34N2O6. The van der Waals surface area contributed by atoms with Crippen molar-refractivity contribution in [1.29, 1.82) is 0 Å². The molecule has 2 aromatic rings. The van der Waals surface area contributed by atoms with E-state index >= 15 is 0 Å². The second-order valence-corrected chi connectivity index (χ2v) is 11.6. The van der Waals surface area contributed by atoms with Crippen molar-refractivity contribution < 1.29 is 28.6 Å². The summed E-state index contributed by atoms with van der Waals surface area (Å²) in [6, 6.07) is 11.2. The molecule has 8 heteroatoms. The van der Waals surface area contributed by atoms with Crippen molar-refractivity contribution in [2.75, 3.05) is 20.6 Å². The minimum absolute atomic E-state index is 0.0441. The average molecular weight is 543 g/mol. The van der Waals surface area contributed by atoms with E-state index in [9.17, 15) is 14.4 Å². The van der Waals surface area contributed by atoms with E-state index < -0.39 is 23.1 Å². The lowest BCUT2D eigenvalue weighted by molar-refractivity contribution is -0.220. The predicted octanol–water partition coefficient (Wildman–Crippen LogP) is 3.15. The number of hydrogen-bond donors (Lipinski definition) is 0. The summed E-state index contributed by atoms with van der Waals surface area (Å²) in [7, 11) is 3.85. The van der Waals surface area contributed by atoms with Gasteiger partial charge in [0.1, 0.15) is 11.7 Å². The number of carbonyl (C=O) groups excluding carboxylic acids is 3. The fourth-order valence-corrected chi connectivity index (χ4v) is 7.87. The van der Waals surface area contributed by atoms with Gasteiger partial charge < -0.3 is 19.1 Å². The van der Waals surface area contributed by atoms with Crippen LogP contribution in [0.2, 0.25) is 0 Å². The molecule has 40 heavy (non-hydrogen) atoms. The zero-order valence-corrected chi connectivity index (χ0v) is 23.6. The molecule has 6 rings (SSSR count). The minimum atomic E-state index is -0.836. The third-order valence-corrected chi connectivity index (χ3v) is 9.37. The Morgan fingerprint density at radius 2 is 1.93 bits per heavy atom. The van der Waals surface area contributed by atoms with Gasteiger partial charge >= 0.3 is 11.9 Å². The van der Waals surface area contributed by atoms with Crippen LogP contribution in [0.5, 0.6) is 11.5 Å². The number of ether oxygens (including phenoxy) is 3. The van der Waals surface area contributed by atoms with Gasteiger partial charge in [-0.05, 0) is 75.5 Å². The molecule has 0 unspecified atom stereocenters. The summed E-state index contributed by atoms with van der Waals surface area (Å²) >= 11 is 0. The molecule has 2 fully saturated rings. The van der Waals surface area contributed by atoms with E-state index in [0.717, 1.165) is 28.8 Å². The molecule has 208 valence electrons. The Kier molecular flexibility index (Phi) is 6.19. The molecule has 0 radical (unpaired) electrons. The number of rotatable bonds is 3. The Balaban J connectivity index is 1.46. The van der Waals surface area contributed by atoms with Gasteiger partial charge in [0.2, 0.25) is 0 Å². The van der Waals surface area contributed by atoms with Gasteiger partial charge in [0.15, 0.2) is 11.5 Å². The SMILES string of the molecule is CC(=O)Oc1ccc2c3c1O[C@H]1[C@H](N(C)C(=O)C#Cc4cccc(C)c4)CC[C@@]4(OC(C)=O)[C@@H](C2)N(C)CC[C@]314. The average Bonchev–Trinajstić information content (AvgIpc) is 3.25. The van der Waals surface area contributed by atoms with Crippen molar-refractivity contribution in [2.45, 2.75) is 75.7 Å². The largest absolute Gasteiger partial charge is 0.483 e. The smallest absolute Gasteiger partial charge is 0.308 e. The van der Waals surface area contributed by atoms with Crippen LogP contribution in [0, 0.1) is 18.8 Å². The van der Waals surface area contributed by atoms with Gasteiger partial charge in [-0.15, -0.1) is 0 Å². The fourth-order valence-electron chi connectivity index (χ4n) is 7.87. The van der Waals surface area contributed by atoms with E-state index in [4.69, 9.17) is 14.2 Å². The van der Waals surface area contributed by atoms with E-state index in [0.29, 0.717) is 37.2 Å². The molecule has 0 aromatic heterocycles. The zero-order chi connectivity index (χ0) is 28.4. The monoisotopic (exact) mass is 542 g/mol. The number of amides is 1. The summed E-state index contributed by atoms with van der Waals surface area (Å²) in [6.45, 7) is 5.59. The number of carbonyl (C=O) groups is 3. The number of likely N-dealkylation sites (tertiary alicyclic amines) is 1. The molecule has 2 aliphatic carbocycles. The number of likely N-dealkylation sites (N-methyl/N-ethyl adjacent to an activating group) is 2. The first-order chi connectivity index (χ1) is 19.1. The van der Waals surface area contributed by atoms with Crippen molar-refractivity contribution in [3.8, 4) is 23.3 Å². The second-order valence-electron chi connectivity index (χ2n) is 11.6. The molecule has 2 aliphatic heterocycles. The van der Waals surface area contributed by atoms with Crippen LogP contribution in [-0.4, -0.2) is 72.1 Å². The summed E-state index contributed by atoms with van der Waals surface area (Å²) in [5.74, 6) is 5.63. The summed E-state index contributed by atoms with van der Waals surface area (Å²) in [5, 5.41) is 0. The number of aryl methyl sites for hydroxylation is 1. The highest BCUT2D eigenvalue weighted by atomic mass is 16.6. The molecule has 1 saturated heterocycles. The summed E-state index contributed by atoms with van der Waals surface area (Å²) in [4.78, 5) is 42.1. The zero-order valence-electron chi connectivity index (χ0n) is 23.6. The summed E-state index contributed by atoms with van der Waals surface area (Å²) in [6.07, 6.45) is 2.01. The lowest BCUT2D eigenvalue weighted by Gasteiger charge is -2.65. The van der Waals surface area contributed by atoms with Crippen LogP contribution in [0.1, 0.15) is 55.4 Å². The van der Waals surface area contributed by atoms with Crippen molar-refractivity contribution in [3.05, 3.63) is 58.7 Å². The van der Waals surface area contributed by atoms with Gasteiger partial charge in [0.05, 0.1) is 17.5 Å². The second kappa shape index (κ2) is 9.38. The van der Waals surface area contributed by atoms with Crippen molar-refractivity contribution in [2.24, 2.45) is 0 Å². The molecule has 2 aromatic carbocycles. The highest BCUT2D eigenvalue weighted by Crippen LogP contribution is 2.67. The molecule has 1 saturated carbocycles. The minimum Gasteiger partial charge on any atom is -0.483 e. The Morgan fingerprint density at radius 1 is 1.12 bits per heavy atom. The van der Waals surface area contributed by atoms with Gasteiger partial charge in [0, 0.05) is 37.9 Å². The van der Waals surface area contributed by atoms with Crippen LogP contribution in [0.25, 0.3) is 0 Å². The van der Waals surface area contributed by atoms with E-state index in [1.165, 1.54) is 13.8 Å². The van der Waals surface area contributed by atoms with Gasteiger partial charge in [-0.25, -0.2) is 0 Å². The molecule has 1 amide bonds. The third-order valence-electron chi connectivity index (χ3n) is 9.37. The first-order valence-electron chi connectivity index (χ1n) is 13.8. The standard InChI is InChI=1S/C32H34N2O6/c1-19-7-6-8-22(17-19)9-12-27(37)34(5)24-13-14-32(40-21(3)36)26-18-23-10-11-25(38-20(2)35)29-28(23)31(32,30(24)39-29)15-16-33(26)4/h6-8,10-11,17,24,26,30H,13-16,18H2,1-5H3/t24-,26-,30+,31+,32-/m1/s1. The van der Waals surface area contributed by atoms with Gasteiger partial charge in [-0.2, -0.15) is 0 Å². The lowest BCUT2D eigenvalue weighted by atomic mass is 9.48. The first kappa shape index (κ1) is 26.4. The van der Waals surface area contributed by atoms with E-state index in [1.54, 1.807) is 18.0 Å². The van der Waals surface area contributed by atoms with Crippen LogP contribution >= 0.6 is 0 Å². The van der Waals surface area contributed by atoms with Crippen molar-refractivity contribution in [1.82, 2.24) is 9.80 Å². The Labute approximate surface area is 234 Å². The predicted molar refractivity (Wildman–Crippen MR) is 147 cm³/mol. The van der Waals surface area contributed by atoms with E-state index in [-0.39, 0.29) is 24.0 Å². The van der Waals surface area contributed by atoms with Gasteiger partial charge in [-0.1, -0.05) is 24.1 Å². The molecule has 4 aliphatic rings. The number of benzene rings is 2. The van der Waals surface area contributed by atoms with Crippen LogP contribution in [0.15, 0.2) is 36.4 Å². The Bertz CT molecular complexity index is 1490. The Morgan fingerprint density at radius 3 is 2.65 bits per heavy atom. The van der Waals surface area contributed by atoms with Crippen LogP contribution < -0.4 is 9.47 Å². The topological polar surface area (TPSA) is 85.4 Å². The number of piperidine rings is 1. The fraction of sp³-hybridized carbons (Fsp3) is 0.469. The normalized spacial score (nSPS) is 29.3. The quantitative estimate of drug-likeness (QED) is 0.335. The number of hydrogen-bond acceptors (Lipinski definition) is 7. The number of nitrogens with zero attached hydrogens (tertiary/aromatic N) is 2. The maximum absolute atomic E-state index is 13.5. The van der Waals surface area contributed by atoms with E-state index in [2.05, 4.69) is 23.8 Å². The van der Waals surface area contributed by atoms with Gasteiger partial charge in [0.25, 0.3) is 5.91 Å². The maximum Gasteiger partial charge on any atom is 0.308 e. The van der Waals surface area contributed by atoms with E-state index in [1.807, 2.05) is 37.3 Å². The first-order valence-corrected chi connectivity index (χ1v) is 13.8. The van der Waals surface area contributed by atoms with Crippen LogP contribution in [0.4, 0.5) is 0 Å². The lowest BCUT2D eigenvalue weighted by Crippen LogP contribution is -2.78. The molecule has 8 nitrogen and oxygen atoms in total. The highest BCUT2D eigenvalue weighted by molar-refractivity contribution is 5.94. The van der Waals surface area contributed by atoms with Crippen molar-refractivity contribution >= 4 is 17.8 Å². The molecule has 5 atom stereocenters. The summed E-state index contributed by atoms with van der Waals surface area (Å²) in [5.41, 5.74) is 2.38. The van der Waals surface area contributed by atoms with Crippen molar-refractivity contribution in [3.63, 3.8) is 0 Å². The molecule has 2 heterocycles. The molecule has 0 N–H and O–H groups in total. The third kappa shape index (κ3) is 3.75. The van der Waals surface area contributed by atoms with Crippen LogP contribution in [0.3, 0.4) is 0 Å². The Hall–Kier alpha value is -3.83. The summed E-state index contributed by atoms with van der Waals surface area (Å²) < 4.78 is 18.8. The molecule has 2 bridgehead atoms. The van der Waals surface area contributed by atoms with Crippen LogP contribution in [-0.2, 0) is 31.0 Å². The highest BCUT2D eigenvalue weighted by Gasteiger charge is 2.75. The number of esters is 2. The molecular weight excluding hydrogens is 508 g/mol. The van der Waals surface area contributed by atoms with Gasteiger partial charge in [-0.3, -0.25) is 19.3 Å². The maximum atomic E-state index is 13.5.